The van der Waals surface area contributed by atoms with Crippen molar-refractivity contribution in [1.29, 1.82) is 0 Å². The Hall–Kier alpha value is -3.67. The molecule has 0 saturated carbocycles. The Morgan fingerprint density at radius 3 is 0.944 bits per heavy atom. The average Bonchev–Trinajstić information content (AvgIpc) is 3.37. The fourth-order valence-electron chi connectivity index (χ4n) is 8.11. The van der Waals surface area contributed by atoms with Crippen molar-refractivity contribution in [2.75, 3.05) is 13.2 Å². The summed E-state index contributed by atoms with van der Waals surface area (Å²) in [5.74, 6) is -0.995. The zero-order valence-electron chi connectivity index (χ0n) is 46.5. The van der Waals surface area contributed by atoms with Crippen molar-refractivity contribution in [3.05, 3.63) is 97.2 Å². The van der Waals surface area contributed by atoms with E-state index >= 15 is 0 Å². The molecule has 0 heterocycles. The Balaban J connectivity index is 4.50. The van der Waals surface area contributed by atoms with E-state index < -0.39 is 6.10 Å². The molecule has 0 N–H and O–H groups in total. The zero-order chi connectivity index (χ0) is 51.4. The number of carbonyl (C=O) groups excluding carboxylic acids is 3. The van der Waals surface area contributed by atoms with E-state index in [2.05, 4.69) is 112 Å². The SMILES string of the molecule is CC/C=C\C/C=C\C/C=C\C/C=C\C/C=C\C/C=C\CCC(=O)OCC(COC(=O)CCCCCCCCC/C=C\CCCCCCCC)OC(=O)CCCCCCCCC/C=C\CCCCCCCC. The fourth-order valence-corrected chi connectivity index (χ4v) is 8.11. The molecular weight excluding hydrogens is 877 g/mol. The zero-order valence-corrected chi connectivity index (χ0v) is 46.5. The van der Waals surface area contributed by atoms with E-state index in [-0.39, 0.29) is 37.5 Å². The lowest BCUT2D eigenvalue weighted by Gasteiger charge is -2.18. The molecule has 0 amide bonds. The third-order valence-corrected chi connectivity index (χ3v) is 12.6. The van der Waals surface area contributed by atoms with Gasteiger partial charge in [-0.2, -0.15) is 0 Å². The third kappa shape index (κ3) is 57.1. The molecule has 6 heteroatoms. The van der Waals surface area contributed by atoms with Gasteiger partial charge in [-0.1, -0.05) is 246 Å². The molecule has 0 aromatic heterocycles. The van der Waals surface area contributed by atoms with E-state index in [4.69, 9.17) is 14.2 Å². The quantitative estimate of drug-likeness (QED) is 0.0261. The first-order valence-corrected chi connectivity index (χ1v) is 29.7. The molecule has 0 aliphatic heterocycles. The van der Waals surface area contributed by atoms with Crippen LogP contribution in [0.2, 0.25) is 0 Å². The summed E-state index contributed by atoms with van der Waals surface area (Å²) in [6.45, 7) is 6.46. The summed E-state index contributed by atoms with van der Waals surface area (Å²) in [4.78, 5) is 38.2. The van der Waals surface area contributed by atoms with Gasteiger partial charge in [-0.25, -0.2) is 0 Å². The van der Waals surface area contributed by atoms with Crippen molar-refractivity contribution in [2.24, 2.45) is 0 Å². The maximum Gasteiger partial charge on any atom is 0.306 e. The van der Waals surface area contributed by atoms with Crippen LogP contribution in [-0.2, 0) is 28.6 Å². The first-order chi connectivity index (χ1) is 35.0. The maximum atomic E-state index is 12.9. The highest BCUT2D eigenvalue weighted by molar-refractivity contribution is 5.71. The highest BCUT2D eigenvalue weighted by atomic mass is 16.6. The van der Waals surface area contributed by atoms with Gasteiger partial charge in [0.1, 0.15) is 13.2 Å². The predicted molar refractivity (Wildman–Crippen MR) is 307 cm³/mol. The molecule has 0 saturated heterocycles. The topological polar surface area (TPSA) is 78.9 Å². The highest BCUT2D eigenvalue weighted by Crippen LogP contribution is 2.15. The summed E-state index contributed by atoms with van der Waals surface area (Å²) in [6.07, 6.45) is 78.4. The highest BCUT2D eigenvalue weighted by Gasteiger charge is 2.19. The average molecular weight is 988 g/mol. The number of unbranched alkanes of at least 4 members (excludes halogenated alkanes) is 26. The van der Waals surface area contributed by atoms with Gasteiger partial charge < -0.3 is 14.2 Å². The van der Waals surface area contributed by atoms with Crippen LogP contribution in [-0.4, -0.2) is 37.2 Å². The lowest BCUT2D eigenvalue weighted by atomic mass is 10.1. The Kier molecular flexibility index (Phi) is 55.9. The van der Waals surface area contributed by atoms with Gasteiger partial charge in [-0.15, -0.1) is 0 Å². The number of hydrogen-bond donors (Lipinski definition) is 0. The molecule has 0 fully saturated rings. The van der Waals surface area contributed by atoms with Gasteiger partial charge in [0, 0.05) is 19.3 Å². The number of rotatable bonds is 53. The molecule has 6 nitrogen and oxygen atoms in total. The smallest absolute Gasteiger partial charge is 0.306 e. The number of allylic oxidation sites excluding steroid dienone is 16. The van der Waals surface area contributed by atoms with Gasteiger partial charge in [-0.3, -0.25) is 14.4 Å². The third-order valence-electron chi connectivity index (χ3n) is 12.6. The van der Waals surface area contributed by atoms with Crippen molar-refractivity contribution < 1.29 is 28.6 Å². The number of hydrogen-bond acceptors (Lipinski definition) is 6. The fraction of sp³-hybridized carbons (Fsp3) is 0.708. The lowest BCUT2D eigenvalue weighted by molar-refractivity contribution is -0.166. The van der Waals surface area contributed by atoms with Crippen LogP contribution in [0.5, 0.6) is 0 Å². The molecule has 0 aromatic carbocycles. The number of carbonyl (C=O) groups is 3. The molecule has 0 rings (SSSR count). The molecule has 0 aliphatic carbocycles. The molecule has 0 aromatic rings. The van der Waals surface area contributed by atoms with Crippen LogP contribution in [0.1, 0.15) is 278 Å². The van der Waals surface area contributed by atoms with E-state index in [0.717, 1.165) is 77.0 Å². The molecule has 406 valence electrons. The van der Waals surface area contributed by atoms with Gasteiger partial charge >= 0.3 is 17.9 Å². The molecule has 0 radical (unpaired) electrons. The summed E-state index contributed by atoms with van der Waals surface area (Å²) in [7, 11) is 0. The summed E-state index contributed by atoms with van der Waals surface area (Å²) in [5, 5.41) is 0. The predicted octanol–water partition coefficient (Wildman–Crippen LogP) is 20.1. The van der Waals surface area contributed by atoms with E-state index in [1.165, 1.54) is 154 Å². The molecule has 71 heavy (non-hydrogen) atoms. The molecule has 1 unspecified atom stereocenters. The summed E-state index contributed by atoms with van der Waals surface area (Å²) < 4.78 is 16.8. The van der Waals surface area contributed by atoms with Crippen molar-refractivity contribution in [3.8, 4) is 0 Å². The van der Waals surface area contributed by atoms with Gasteiger partial charge in [0.15, 0.2) is 6.10 Å². The Morgan fingerprint density at radius 2 is 0.577 bits per heavy atom. The van der Waals surface area contributed by atoms with Crippen molar-refractivity contribution >= 4 is 17.9 Å². The largest absolute Gasteiger partial charge is 0.462 e. The molecule has 0 aliphatic rings. The minimum atomic E-state index is -0.813. The minimum absolute atomic E-state index is 0.105. The van der Waals surface area contributed by atoms with Crippen LogP contribution in [0.15, 0.2) is 97.2 Å². The van der Waals surface area contributed by atoms with Crippen molar-refractivity contribution in [2.45, 2.75) is 284 Å². The first-order valence-electron chi connectivity index (χ1n) is 29.7. The van der Waals surface area contributed by atoms with E-state index in [9.17, 15) is 14.4 Å². The van der Waals surface area contributed by atoms with Crippen LogP contribution < -0.4 is 0 Å². The maximum absolute atomic E-state index is 12.9. The van der Waals surface area contributed by atoms with Gasteiger partial charge in [0.2, 0.25) is 0 Å². The van der Waals surface area contributed by atoms with Gasteiger partial charge in [0.05, 0.1) is 0 Å². The van der Waals surface area contributed by atoms with Crippen LogP contribution >= 0.6 is 0 Å². The van der Waals surface area contributed by atoms with Crippen LogP contribution in [0, 0.1) is 0 Å². The van der Waals surface area contributed by atoms with Gasteiger partial charge in [0.25, 0.3) is 0 Å². The second-order valence-corrected chi connectivity index (χ2v) is 19.5. The summed E-state index contributed by atoms with van der Waals surface area (Å²) >= 11 is 0. The Labute approximate surface area is 438 Å². The monoisotopic (exact) mass is 987 g/mol. The molecule has 0 spiro atoms. The standard InChI is InChI=1S/C65H110O6/c1-4-7-10-13-16-19-22-25-28-31-32-35-37-40-43-46-49-52-55-58-64(67)70-61-62(71-65(68)59-56-53-50-47-44-41-38-34-30-27-24-21-18-15-12-9-6-3)60-69-63(66)57-54-51-48-45-42-39-36-33-29-26-23-20-17-14-11-8-5-2/h7,10,16,19,25-30,32,35,40,43,49,52,62H,4-6,8-9,11-15,17-18,20-24,31,33-34,36-39,41-42,44-48,50-51,53-61H2,1-3H3/b10-7-,19-16-,28-25-,29-26-,30-27-,35-32-,43-40-,52-49-. The summed E-state index contributed by atoms with van der Waals surface area (Å²) in [5.41, 5.74) is 0. The van der Waals surface area contributed by atoms with E-state index in [1.807, 2.05) is 6.08 Å². The first kappa shape index (κ1) is 67.3. The van der Waals surface area contributed by atoms with Crippen LogP contribution in [0.25, 0.3) is 0 Å². The van der Waals surface area contributed by atoms with Gasteiger partial charge in [-0.05, 0) is 109 Å². The summed E-state index contributed by atoms with van der Waals surface area (Å²) in [6, 6.07) is 0. The molecule has 0 bridgehead atoms. The van der Waals surface area contributed by atoms with E-state index in [0.29, 0.717) is 19.3 Å². The second kappa shape index (κ2) is 58.9. The Bertz CT molecular complexity index is 1410. The number of esters is 3. The lowest BCUT2D eigenvalue weighted by Crippen LogP contribution is -2.30. The van der Waals surface area contributed by atoms with Crippen molar-refractivity contribution in [3.63, 3.8) is 0 Å². The second-order valence-electron chi connectivity index (χ2n) is 19.5. The molecular formula is C65H110O6. The van der Waals surface area contributed by atoms with Crippen LogP contribution in [0.4, 0.5) is 0 Å². The minimum Gasteiger partial charge on any atom is -0.462 e. The van der Waals surface area contributed by atoms with E-state index in [1.54, 1.807) is 0 Å². The number of ether oxygens (including phenoxy) is 3. The Morgan fingerprint density at radius 1 is 0.296 bits per heavy atom. The normalized spacial score (nSPS) is 12.8. The van der Waals surface area contributed by atoms with Crippen LogP contribution in [0.3, 0.4) is 0 Å². The van der Waals surface area contributed by atoms with Crippen molar-refractivity contribution in [1.82, 2.24) is 0 Å². The molecule has 1 atom stereocenters.